The normalized spacial score (nSPS) is 26.0. The van der Waals surface area contributed by atoms with Crippen LogP contribution in [0.4, 0.5) is 0 Å². The van der Waals surface area contributed by atoms with E-state index in [1.54, 1.807) is 0 Å². The van der Waals surface area contributed by atoms with E-state index in [4.69, 9.17) is 17.0 Å². The molecule has 1 aliphatic rings. The second kappa shape index (κ2) is 4.06. The number of aromatic nitrogens is 3. The quantitative estimate of drug-likeness (QED) is 0.806. The topological polar surface area (TPSA) is 42.8 Å². The van der Waals surface area contributed by atoms with Gasteiger partial charge in [0.1, 0.15) is 5.60 Å². The molecule has 1 atom stereocenters. The summed E-state index contributed by atoms with van der Waals surface area (Å²) in [6.45, 7) is 5.96. The fraction of sp³-hybridized carbons (Fsp3) is 0.800. The summed E-state index contributed by atoms with van der Waals surface area (Å²) in [6, 6.07) is 0. The van der Waals surface area contributed by atoms with Crippen molar-refractivity contribution in [3.8, 4) is 0 Å². The summed E-state index contributed by atoms with van der Waals surface area (Å²) in [5, 5.41) is 7.17. The fourth-order valence-electron chi connectivity index (χ4n) is 2.11. The molecule has 0 bridgehead atoms. The highest BCUT2D eigenvalue weighted by Gasteiger charge is 2.36. The summed E-state index contributed by atoms with van der Waals surface area (Å²) >= 11 is 5.21. The van der Waals surface area contributed by atoms with Crippen molar-refractivity contribution in [1.29, 1.82) is 0 Å². The summed E-state index contributed by atoms with van der Waals surface area (Å²) < 4.78 is 8.53. The number of ether oxygens (including phenoxy) is 1. The molecule has 1 N–H and O–H groups in total. The molecule has 1 unspecified atom stereocenters. The van der Waals surface area contributed by atoms with Crippen molar-refractivity contribution in [1.82, 2.24) is 14.8 Å². The Hall–Kier alpha value is -0.680. The predicted octanol–water partition coefficient (Wildman–Crippen LogP) is 2.38. The van der Waals surface area contributed by atoms with Gasteiger partial charge in [0.2, 0.25) is 0 Å². The molecule has 0 saturated carbocycles. The summed E-state index contributed by atoms with van der Waals surface area (Å²) in [7, 11) is 0. The second-order valence-corrected chi connectivity index (χ2v) is 4.57. The summed E-state index contributed by atoms with van der Waals surface area (Å²) in [6.07, 6.45) is 3.18. The number of hydrogen-bond acceptors (Lipinski definition) is 3. The third-order valence-electron chi connectivity index (χ3n) is 2.90. The molecule has 1 aliphatic heterocycles. The van der Waals surface area contributed by atoms with Crippen molar-refractivity contribution in [3.05, 3.63) is 10.6 Å². The van der Waals surface area contributed by atoms with E-state index in [9.17, 15) is 0 Å². The van der Waals surface area contributed by atoms with E-state index in [1.165, 1.54) is 0 Å². The first-order valence-electron chi connectivity index (χ1n) is 5.47. The molecule has 0 aromatic carbocycles. The van der Waals surface area contributed by atoms with E-state index in [0.717, 1.165) is 38.2 Å². The molecule has 5 heteroatoms. The summed E-state index contributed by atoms with van der Waals surface area (Å²) in [5.41, 5.74) is -0.247. The lowest BCUT2D eigenvalue weighted by molar-refractivity contribution is 0.00610. The summed E-state index contributed by atoms with van der Waals surface area (Å²) in [4.78, 5) is 0. The molecule has 4 nitrogen and oxygen atoms in total. The lowest BCUT2D eigenvalue weighted by atomic mass is 10.0. The standard InChI is InChI=1S/C10H17N3OS/c1-3-6-13-8(11-12-9(13)15)10(2)5-4-7-14-10/h3-7H2,1-2H3,(H,12,15). The lowest BCUT2D eigenvalue weighted by Gasteiger charge is -2.22. The Morgan fingerprint density at radius 2 is 2.47 bits per heavy atom. The van der Waals surface area contributed by atoms with Gasteiger partial charge in [-0.3, -0.25) is 5.10 Å². The third kappa shape index (κ3) is 1.86. The number of nitrogens with one attached hydrogen (secondary N) is 1. The second-order valence-electron chi connectivity index (χ2n) is 4.19. The highest BCUT2D eigenvalue weighted by Crippen LogP contribution is 2.34. The molecule has 1 saturated heterocycles. The maximum atomic E-state index is 5.78. The Labute approximate surface area is 94.6 Å². The minimum Gasteiger partial charge on any atom is -0.367 e. The van der Waals surface area contributed by atoms with Gasteiger partial charge in [0.15, 0.2) is 10.6 Å². The van der Waals surface area contributed by atoms with Crippen molar-refractivity contribution in [3.63, 3.8) is 0 Å². The SMILES string of the molecule is CCCn1c(C2(C)CCCO2)n[nH]c1=S. The van der Waals surface area contributed by atoms with Crippen LogP contribution in [0.1, 0.15) is 38.9 Å². The molecule has 0 spiro atoms. The third-order valence-corrected chi connectivity index (χ3v) is 3.21. The van der Waals surface area contributed by atoms with E-state index < -0.39 is 0 Å². The average Bonchev–Trinajstić information content (AvgIpc) is 2.77. The monoisotopic (exact) mass is 227 g/mol. The van der Waals surface area contributed by atoms with Gasteiger partial charge in [-0.05, 0) is 38.4 Å². The molecular weight excluding hydrogens is 210 g/mol. The molecule has 1 aromatic rings. The van der Waals surface area contributed by atoms with Crippen molar-refractivity contribution in [2.75, 3.05) is 6.61 Å². The predicted molar refractivity (Wildman–Crippen MR) is 60.2 cm³/mol. The van der Waals surface area contributed by atoms with Gasteiger partial charge in [0.25, 0.3) is 0 Å². The van der Waals surface area contributed by atoms with Gasteiger partial charge in [-0.2, -0.15) is 5.10 Å². The number of hydrogen-bond donors (Lipinski definition) is 1. The zero-order valence-corrected chi connectivity index (χ0v) is 10.1. The first-order chi connectivity index (χ1) is 7.17. The Kier molecular flexibility index (Phi) is 2.93. The van der Waals surface area contributed by atoms with Crippen LogP contribution in [0, 0.1) is 4.77 Å². The first-order valence-corrected chi connectivity index (χ1v) is 5.88. The van der Waals surface area contributed by atoms with Crippen LogP contribution < -0.4 is 0 Å². The van der Waals surface area contributed by atoms with Crippen LogP contribution in [0.5, 0.6) is 0 Å². The molecular formula is C10H17N3OS. The minimum atomic E-state index is -0.247. The number of aromatic amines is 1. The Morgan fingerprint density at radius 1 is 1.67 bits per heavy atom. The maximum absolute atomic E-state index is 5.78. The van der Waals surface area contributed by atoms with Crippen LogP contribution in [0.15, 0.2) is 0 Å². The van der Waals surface area contributed by atoms with Crippen molar-refractivity contribution >= 4 is 12.2 Å². The number of nitrogens with zero attached hydrogens (tertiary/aromatic N) is 2. The number of rotatable bonds is 3. The Bertz CT molecular complexity index is 390. The molecule has 15 heavy (non-hydrogen) atoms. The molecule has 84 valence electrons. The van der Waals surface area contributed by atoms with E-state index in [0.29, 0.717) is 4.77 Å². The number of H-pyrrole nitrogens is 1. The van der Waals surface area contributed by atoms with E-state index in [2.05, 4.69) is 28.6 Å². The minimum absolute atomic E-state index is 0.247. The van der Waals surface area contributed by atoms with Crippen LogP contribution in [-0.2, 0) is 16.9 Å². The van der Waals surface area contributed by atoms with Crippen molar-refractivity contribution in [2.24, 2.45) is 0 Å². The molecule has 2 rings (SSSR count). The van der Waals surface area contributed by atoms with Crippen LogP contribution in [0.2, 0.25) is 0 Å². The Balaban J connectivity index is 2.38. The van der Waals surface area contributed by atoms with Gasteiger partial charge in [-0.15, -0.1) is 0 Å². The van der Waals surface area contributed by atoms with E-state index in [-0.39, 0.29) is 5.60 Å². The molecule has 2 heterocycles. The maximum Gasteiger partial charge on any atom is 0.195 e. The van der Waals surface area contributed by atoms with E-state index >= 15 is 0 Å². The Morgan fingerprint density at radius 3 is 3.07 bits per heavy atom. The lowest BCUT2D eigenvalue weighted by Crippen LogP contribution is -2.25. The highest BCUT2D eigenvalue weighted by atomic mass is 32.1. The molecule has 0 amide bonds. The fourth-order valence-corrected chi connectivity index (χ4v) is 2.33. The van der Waals surface area contributed by atoms with Crippen LogP contribution >= 0.6 is 12.2 Å². The first kappa shape index (κ1) is 10.8. The smallest absolute Gasteiger partial charge is 0.195 e. The summed E-state index contributed by atoms with van der Waals surface area (Å²) in [5.74, 6) is 0.951. The van der Waals surface area contributed by atoms with E-state index in [1.807, 2.05) is 0 Å². The molecule has 0 radical (unpaired) electrons. The molecule has 1 fully saturated rings. The van der Waals surface area contributed by atoms with Gasteiger partial charge in [0.05, 0.1) is 0 Å². The van der Waals surface area contributed by atoms with Gasteiger partial charge >= 0.3 is 0 Å². The van der Waals surface area contributed by atoms with Crippen LogP contribution in [0.25, 0.3) is 0 Å². The van der Waals surface area contributed by atoms with Gasteiger partial charge in [-0.25, -0.2) is 0 Å². The zero-order chi connectivity index (χ0) is 10.9. The van der Waals surface area contributed by atoms with Crippen molar-refractivity contribution < 1.29 is 4.74 Å². The van der Waals surface area contributed by atoms with Crippen LogP contribution in [-0.4, -0.2) is 21.4 Å². The zero-order valence-electron chi connectivity index (χ0n) is 9.25. The van der Waals surface area contributed by atoms with Gasteiger partial charge in [-0.1, -0.05) is 6.92 Å². The highest BCUT2D eigenvalue weighted by molar-refractivity contribution is 7.71. The van der Waals surface area contributed by atoms with Gasteiger partial charge in [0, 0.05) is 13.2 Å². The molecule has 0 aliphatic carbocycles. The average molecular weight is 227 g/mol. The molecule has 1 aromatic heterocycles. The van der Waals surface area contributed by atoms with Crippen LogP contribution in [0.3, 0.4) is 0 Å². The van der Waals surface area contributed by atoms with Crippen molar-refractivity contribution in [2.45, 2.75) is 45.3 Å². The largest absolute Gasteiger partial charge is 0.367 e. The van der Waals surface area contributed by atoms with Gasteiger partial charge < -0.3 is 9.30 Å².